The molecule has 0 spiro atoms. The Morgan fingerprint density at radius 3 is 2.70 bits per heavy atom. The Morgan fingerprint density at radius 1 is 1.40 bits per heavy atom. The molecule has 1 aliphatic heterocycles. The van der Waals surface area contributed by atoms with E-state index in [2.05, 4.69) is 20.8 Å². The fourth-order valence-electron chi connectivity index (χ4n) is 3.00. The van der Waals surface area contributed by atoms with E-state index in [1.807, 2.05) is 18.2 Å². The molecule has 0 radical (unpaired) electrons. The highest BCUT2D eigenvalue weighted by atomic mass is 16.5. The molecule has 0 aromatic heterocycles. The molecule has 2 unspecified atom stereocenters. The van der Waals surface area contributed by atoms with Crippen molar-refractivity contribution >= 4 is 0 Å². The lowest BCUT2D eigenvalue weighted by molar-refractivity contribution is -0.0580. The van der Waals surface area contributed by atoms with E-state index in [0.29, 0.717) is 0 Å². The third-order valence-corrected chi connectivity index (χ3v) is 3.98. The van der Waals surface area contributed by atoms with E-state index in [1.165, 1.54) is 0 Å². The number of ether oxygens (including phenoxy) is 3. The average Bonchev–Trinajstić information content (AvgIpc) is 2.37. The fourth-order valence-corrected chi connectivity index (χ4v) is 3.00. The molecular formula is C16H25NO3. The van der Waals surface area contributed by atoms with Gasteiger partial charge in [0, 0.05) is 31.6 Å². The van der Waals surface area contributed by atoms with Gasteiger partial charge in [0.25, 0.3) is 0 Å². The zero-order chi connectivity index (χ0) is 15.0. The summed E-state index contributed by atoms with van der Waals surface area (Å²) in [5.41, 5.74) is 6.78. The second kappa shape index (κ2) is 5.26. The van der Waals surface area contributed by atoms with Crippen LogP contribution >= 0.6 is 0 Å². The van der Waals surface area contributed by atoms with Gasteiger partial charge in [0.1, 0.15) is 17.1 Å². The van der Waals surface area contributed by atoms with Crippen LogP contribution in [0.3, 0.4) is 0 Å². The SMILES string of the molecule is COc1ccc2c(c1)C(N)CC(C)(CC(C)(C)OC)O2. The lowest BCUT2D eigenvalue weighted by Gasteiger charge is -2.42. The van der Waals surface area contributed by atoms with Gasteiger partial charge in [0.05, 0.1) is 12.7 Å². The molecule has 0 saturated heterocycles. The molecule has 2 rings (SSSR count). The number of benzene rings is 1. The van der Waals surface area contributed by atoms with Crippen molar-refractivity contribution in [2.45, 2.75) is 50.9 Å². The maximum absolute atomic E-state index is 6.33. The number of rotatable bonds is 4. The van der Waals surface area contributed by atoms with Crippen LogP contribution in [0, 0.1) is 0 Å². The highest BCUT2D eigenvalue weighted by Gasteiger charge is 2.40. The van der Waals surface area contributed by atoms with Crippen molar-refractivity contribution in [3.05, 3.63) is 23.8 Å². The van der Waals surface area contributed by atoms with Gasteiger partial charge in [-0.2, -0.15) is 0 Å². The highest BCUT2D eigenvalue weighted by molar-refractivity contribution is 5.44. The van der Waals surface area contributed by atoms with E-state index in [9.17, 15) is 0 Å². The Hall–Kier alpha value is -1.26. The van der Waals surface area contributed by atoms with Crippen LogP contribution in [0.2, 0.25) is 0 Å². The molecule has 4 heteroatoms. The van der Waals surface area contributed by atoms with Crippen molar-refractivity contribution in [2.75, 3.05) is 14.2 Å². The summed E-state index contributed by atoms with van der Waals surface area (Å²) >= 11 is 0. The zero-order valence-corrected chi connectivity index (χ0v) is 13.0. The third-order valence-electron chi connectivity index (χ3n) is 3.98. The molecule has 1 heterocycles. The first kappa shape index (κ1) is 15.1. The molecule has 0 fully saturated rings. The van der Waals surface area contributed by atoms with E-state index in [0.717, 1.165) is 29.9 Å². The van der Waals surface area contributed by atoms with Gasteiger partial charge in [0.15, 0.2) is 0 Å². The summed E-state index contributed by atoms with van der Waals surface area (Å²) in [4.78, 5) is 0. The Kier molecular flexibility index (Phi) is 3.98. The average molecular weight is 279 g/mol. The van der Waals surface area contributed by atoms with E-state index in [1.54, 1.807) is 14.2 Å². The van der Waals surface area contributed by atoms with Crippen LogP contribution in [0.5, 0.6) is 11.5 Å². The summed E-state index contributed by atoms with van der Waals surface area (Å²) in [5.74, 6) is 1.66. The largest absolute Gasteiger partial charge is 0.497 e. The Labute approximate surface area is 121 Å². The maximum atomic E-state index is 6.33. The Bertz CT molecular complexity index is 487. The van der Waals surface area contributed by atoms with Gasteiger partial charge in [-0.15, -0.1) is 0 Å². The summed E-state index contributed by atoms with van der Waals surface area (Å²) in [6, 6.07) is 5.75. The minimum absolute atomic E-state index is 0.0495. The number of hydrogen-bond acceptors (Lipinski definition) is 4. The number of hydrogen-bond donors (Lipinski definition) is 1. The van der Waals surface area contributed by atoms with Crippen molar-refractivity contribution in [2.24, 2.45) is 5.73 Å². The molecule has 2 N–H and O–H groups in total. The van der Waals surface area contributed by atoms with E-state index >= 15 is 0 Å². The monoisotopic (exact) mass is 279 g/mol. The summed E-state index contributed by atoms with van der Waals surface area (Å²) < 4.78 is 17.0. The molecule has 0 amide bonds. The molecule has 20 heavy (non-hydrogen) atoms. The third kappa shape index (κ3) is 3.07. The fraction of sp³-hybridized carbons (Fsp3) is 0.625. The van der Waals surface area contributed by atoms with Gasteiger partial charge < -0.3 is 19.9 Å². The van der Waals surface area contributed by atoms with Gasteiger partial charge >= 0.3 is 0 Å². The summed E-state index contributed by atoms with van der Waals surface area (Å²) in [6.45, 7) is 6.23. The summed E-state index contributed by atoms with van der Waals surface area (Å²) in [6.07, 6.45) is 1.55. The molecule has 112 valence electrons. The number of nitrogens with two attached hydrogens (primary N) is 1. The molecule has 2 atom stereocenters. The van der Waals surface area contributed by atoms with Crippen LogP contribution < -0.4 is 15.2 Å². The van der Waals surface area contributed by atoms with Gasteiger partial charge in [-0.1, -0.05) is 0 Å². The molecule has 0 aliphatic carbocycles. The molecule has 1 aromatic carbocycles. The van der Waals surface area contributed by atoms with Crippen LogP contribution in [0.25, 0.3) is 0 Å². The minimum atomic E-state index is -0.319. The highest BCUT2D eigenvalue weighted by Crippen LogP contribution is 2.43. The standard InChI is InChI=1S/C16H25NO3/c1-15(2,19-5)10-16(3)9-13(17)12-8-11(18-4)6-7-14(12)20-16/h6-8,13H,9-10,17H2,1-5H3. The Balaban J connectivity index is 2.27. The Morgan fingerprint density at radius 2 is 2.10 bits per heavy atom. The predicted molar refractivity (Wildman–Crippen MR) is 79.3 cm³/mol. The van der Waals surface area contributed by atoms with Gasteiger partial charge in [-0.05, 0) is 39.0 Å². The van der Waals surface area contributed by atoms with Crippen LogP contribution in [-0.4, -0.2) is 25.4 Å². The van der Waals surface area contributed by atoms with Gasteiger partial charge in [-0.25, -0.2) is 0 Å². The first-order valence-electron chi connectivity index (χ1n) is 6.96. The van der Waals surface area contributed by atoms with Crippen molar-refractivity contribution < 1.29 is 14.2 Å². The van der Waals surface area contributed by atoms with Crippen LogP contribution in [0.15, 0.2) is 18.2 Å². The molecule has 0 bridgehead atoms. The summed E-state index contributed by atoms with van der Waals surface area (Å²) in [5, 5.41) is 0. The van der Waals surface area contributed by atoms with Crippen LogP contribution in [-0.2, 0) is 4.74 Å². The topological polar surface area (TPSA) is 53.7 Å². The van der Waals surface area contributed by atoms with Crippen molar-refractivity contribution in [3.8, 4) is 11.5 Å². The van der Waals surface area contributed by atoms with Crippen molar-refractivity contribution in [1.82, 2.24) is 0 Å². The number of methoxy groups -OCH3 is 2. The first-order chi connectivity index (χ1) is 9.28. The summed E-state index contributed by atoms with van der Waals surface area (Å²) in [7, 11) is 3.38. The van der Waals surface area contributed by atoms with Crippen LogP contribution in [0.4, 0.5) is 0 Å². The lowest BCUT2D eigenvalue weighted by Crippen LogP contribution is -2.45. The quantitative estimate of drug-likeness (QED) is 0.920. The van der Waals surface area contributed by atoms with Crippen molar-refractivity contribution in [1.29, 1.82) is 0 Å². The van der Waals surface area contributed by atoms with E-state index in [4.69, 9.17) is 19.9 Å². The van der Waals surface area contributed by atoms with Gasteiger partial charge in [0.2, 0.25) is 0 Å². The first-order valence-corrected chi connectivity index (χ1v) is 6.96. The molecule has 1 aromatic rings. The number of fused-ring (bicyclic) bond motifs is 1. The maximum Gasteiger partial charge on any atom is 0.125 e. The van der Waals surface area contributed by atoms with Gasteiger partial charge in [-0.3, -0.25) is 0 Å². The van der Waals surface area contributed by atoms with E-state index in [-0.39, 0.29) is 17.2 Å². The predicted octanol–water partition coefficient (Wildman–Crippen LogP) is 3.05. The molecular weight excluding hydrogens is 254 g/mol. The molecule has 4 nitrogen and oxygen atoms in total. The zero-order valence-electron chi connectivity index (χ0n) is 13.0. The minimum Gasteiger partial charge on any atom is -0.497 e. The lowest BCUT2D eigenvalue weighted by atomic mass is 9.82. The second-order valence-electron chi connectivity index (χ2n) is 6.41. The van der Waals surface area contributed by atoms with Crippen molar-refractivity contribution in [3.63, 3.8) is 0 Å². The van der Waals surface area contributed by atoms with E-state index < -0.39 is 0 Å². The normalized spacial score (nSPS) is 25.8. The smallest absolute Gasteiger partial charge is 0.125 e. The molecule has 1 aliphatic rings. The second-order valence-corrected chi connectivity index (χ2v) is 6.41. The molecule has 0 saturated carbocycles. The van der Waals surface area contributed by atoms with Crippen LogP contribution in [0.1, 0.15) is 45.2 Å².